The molecule has 0 aliphatic carbocycles. The van der Waals surface area contributed by atoms with Gasteiger partial charge in [-0.25, -0.2) is 0 Å². The SMILES string of the molecule is c1ccc(-c2ccc(N3c4ccc(-c5ccccc5)cc4B4Oc5ccccc5-c5cc6occc6c3c54)cc2)cc1. The Balaban J connectivity index is 1.32. The van der Waals surface area contributed by atoms with E-state index in [1.165, 1.54) is 27.7 Å². The Bertz CT molecular complexity index is 2120. The topological polar surface area (TPSA) is 25.6 Å². The van der Waals surface area contributed by atoms with E-state index >= 15 is 0 Å². The summed E-state index contributed by atoms with van der Waals surface area (Å²) in [6.07, 6.45) is 1.79. The van der Waals surface area contributed by atoms with Crippen LogP contribution in [0.25, 0.3) is 44.3 Å². The summed E-state index contributed by atoms with van der Waals surface area (Å²) < 4.78 is 12.9. The van der Waals surface area contributed by atoms with E-state index in [9.17, 15) is 0 Å². The van der Waals surface area contributed by atoms with Gasteiger partial charge in [0, 0.05) is 27.8 Å². The quantitative estimate of drug-likeness (QED) is 0.211. The second-order valence-electron chi connectivity index (χ2n) is 10.9. The molecule has 1 aromatic heterocycles. The molecule has 0 atom stereocenters. The van der Waals surface area contributed by atoms with Gasteiger partial charge in [0.2, 0.25) is 0 Å². The minimum Gasteiger partial charge on any atom is -0.551 e. The molecular weight excluding hydrogens is 513 g/mol. The van der Waals surface area contributed by atoms with Crippen LogP contribution in [0.2, 0.25) is 0 Å². The average molecular weight is 537 g/mol. The van der Waals surface area contributed by atoms with Crippen LogP contribution < -0.4 is 20.5 Å². The third-order valence-electron chi connectivity index (χ3n) is 8.57. The zero-order valence-electron chi connectivity index (χ0n) is 22.7. The van der Waals surface area contributed by atoms with Gasteiger partial charge in [0.15, 0.2) is 0 Å². The third kappa shape index (κ3) is 3.42. The lowest BCUT2D eigenvalue weighted by molar-refractivity contribution is 0.589. The van der Waals surface area contributed by atoms with E-state index in [1.54, 1.807) is 6.26 Å². The molecule has 0 saturated carbocycles. The highest BCUT2D eigenvalue weighted by atomic mass is 16.4. The molecule has 196 valence electrons. The van der Waals surface area contributed by atoms with Crippen LogP contribution in [0.15, 0.2) is 150 Å². The molecule has 0 N–H and O–H groups in total. The molecule has 42 heavy (non-hydrogen) atoms. The number of furan rings is 1. The highest BCUT2D eigenvalue weighted by Gasteiger charge is 2.43. The van der Waals surface area contributed by atoms with E-state index in [-0.39, 0.29) is 6.92 Å². The van der Waals surface area contributed by atoms with Crippen molar-refractivity contribution in [3.8, 4) is 39.1 Å². The van der Waals surface area contributed by atoms with E-state index in [4.69, 9.17) is 9.07 Å². The van der Waals surface area contributed by atoms with Gasteiger partial charge in [0.1, 0.15) is 11.3 Å². The summed E-state index contributed by atoms with van der Waals surface area (Å²) in [4.78, 5) is 2.39. The molecule has 0 spiro atoms. The number of hydrogen-bond acceptors (Lipinski definition) is 3. The van der Waals surface area contributed by atoms with Crippen molar-refractivity contribution >= 4 is 45.9 Å². The maximum atomic E-state index is 6.89. The molecule has 0 unspecified atom stereocenters. The minimum absolute atomic E-state index is 0.247. The van der Waals surface area contributed by atoms with Crippen molar-refractivity contribution in [1.29, 1.82) is 0 Å². The summed E-state index contributed by atoms with van der Waals surface area (Å²) in [7, 11) is 0. The Kier molecular flexibility index (Phi) is 4.99. The molecule has 2 aliphatic heterocycles. The minimum atomic E-state index is -0.247. The fourth-order valence-corrected chi connectivity index (χ4v) is 6.64. The maximum Gasteiger partial charge on any atom is 0.431 e. The van der Waals surface area contributed by atoms with E-state index in [1.807, 2.05) is 6.07 Å². The monoisotopic (exact) mass is 537 g/mol. The average Bonchev–Trinajstić information content (AvgIpc) is 3.54. The lowest BCUT2D eigenvalue weighted by Crippen LogP contribution is -2.56. The Hall–Kier alpha value is -5.48. The highest BCUT2D eigenvalue weighted by molar-refractivity contribution is 6.86. The van der Waals surface area contributed by atoms with E-state index < -0.39 is 0 Å². The van der Waals surface area contributed by atoms with Gasteiger partial charge in [-0.1, -0.05) is 103 Å². The van der Waals surface area contributed by atoms with Gasteiger partial charge >= 0.3 is 6.92 Å². The predicted molar refractivity (Wildman–Crippen MR) is 173 cm³/mol. The van der Waals surface area contributed by atoms with Crippen molar-refractivity contribution < 1.29 is 9.07 Å². The van der Waals surface area contributed by atoms with Gasteiger partial charge in [-0.3, -0.25) is 0 Å². The number of nitrogens with zero attached hydrogens (tertiary/aromatic N) is 1. The Morgan fingerprint density at radius 1 is 0.548 bits per heavy atom. The molecule has 6 aromatic carbocycles. The molecule has 3 heterocycles. The van der Waals surface area contributed by atoms with Gasteiger partial charge in [-0.05, 0) is 69.7 Å². The summed E-state index contributed by atoms with van der Waals surface area (Å²) in [5.41, 5.74) is 13.5. The molecule has 9 rings (SSSR count). The van der Waals surface area contributed by atoms with Crippen LogP contribution in [0, 0.1) is 0 Å². The Morgan fingerprint density at radius 3 is 2.00 bits per heavy atom. The molecular formula is C38H24BNO2. The number of para-hydroxylation sites is 1. The first-order chi connectivity index (χ1) is 20.8. The molecule has 2 aliphatic rings. The number of hydrogen-bond donors (Lipinski definition) is 0. The van der Waals surface area contributed by atoms with Crippen LogP contribution in [-0.4, -0.2) is 6.92 Å². The van der Waals surface area contributed by atoms with Gasteiger partial charge in [0.25, 0.3) is 0 Å². The van der Waals surface area contributed by atoms with Crippen LogP contribution in [-0.2, 0) is 0 Å². The summed E-state index contributed by atoms with van der Waals surface area (Å²) in [5.74, 6) is 0.892. The van der Waals surface area contributed by atoms with Gasteiger partial charge in [-0.2, -0.15) is 0 Å². The first-order valence-corrected chi connectivity index (χ1v) is 14.3. The van der Waals surface area contributed by atoms with Crippen molar-refractivity contribution in [3.05, 3.63) is 146 Å². The standard InChI is InChI=1S/C38H24BNO2/c1-3-9-25(10-4-1)27-15-18-29(19-16-27)40-34-20-17-28(26-11-5-2-6-12-26)23-33(34)39-37-32(30-13-7-8-14-35(30)42-39)24-36-31(38(37)40)21-22-41-36/h1-24H. The normalized spacial score (nSPS) is 12.9. The summed E-state index contributed by atoms with van der Waals surface area (Å²) in [6, 6.07) is 49.3. The van der Waals surface area contributed by atoms with Crippen LogP contribution in [0.5, 0.6) is 5.75 Å². The number of benzene rings is 6. The second-order valence-corrected chi connectivity index (χ2v) is 10.9. The fraction of sp³-hybridized carbons (Fsp3) is 0. The molecule has 0 fully saturated rings. The first-order valence-electron chi connectivity index (χ1n) is 14.3. The van der Waals surface area contributed by atoms with Gasteiger partial charge in [-0.15, -0.1) is 0 Å². The molecule has 4 heteroatoms. The van der Waals surface area contributed by atoms with Crippen LogP contribution in [0.4, 0.5) is 17.1 Å². The largest absolute Gasteiger partial charge is 0.551 e. The van der Waals surface area contributed by atoms with Crippen molar-refractivity contribution in [2.45, 2.75) is 0 Å². The lowest BCUT2D eigenvalue weighted by Gasteiger charge is -2.40. The number of anilines is 3. The third-order valence-corrected chi connectivity index (χ3v) is 8.57. The molecule has 3 nitrogen and oxygen atoms in total. The zero-order valence-corrected chi connectivity index (χ0v) is 22.7. The number of rotatable bonds is 3. The van der Waals surface area contributed by atoms with Crippen molar-refractivity contribution in [2.24, 2.45) is 0 Å². The fourth-order valence-electron chi connectivity index (χ4n) is 6.64. The van der Waals surface area contributed by atoms with E-state index in [0.29, 0.717) is 0 Å². The predicted octanol–water partition coefficient (Wildman–Crippen LogP) is 8.72. The van der Waals surface area contributed by atoms with Crippen LogP contribution >= 0.6 is 0 Å². The Morgan fingerprint density at radius 2 is 1.21 bits per heavy atom. The number of fused-ring (bicyclic) bond motifs is 6. The van der Waals surface area contributed by atoms with E-state index in [0.717, 1.165) is 50.4 Å². The lowest BCUT2D eigenvalue weighted by atomic mass is 9.49. The van der Waals surface area contributed by atoms with Crippen molar-refractivity contribution in [2.75, 3.05) is 4.90 Å². The van der Waals surface area contributed by atoms with Crippen molar-refractivity contribution in [1.82, 2.24) is 0 Å². The zero-order chi connectivity index (χ0) is 27.6. The molecule has 0 amide bonds. The van der Waals surface area contributed by atoms with Gasteiger partial charge in [0.05, 0.1) is 12.0 Å². The summed E-state index contributed by atoms with van der Waals surface area (Å²) in [6.45, 7) is -0.247. The van der Waals surface area contributed by atoms with E-state index in [2.05, 4.69) is 138 Å². The smallest absolute Gasteiger partial charge is 0.431 e. The summed E-state index contributed by atoms with van der Waals surface area (Å²) in [5, 5.41) is 1.08. The van der Waals surface area contributed by atoms with Gasteiger partial charge < -0.3 is 14.0 Å². The second kappa shape index (κ2) is 9.02. The Labute approximate surface area is 244 Å². The first kappa shape index (κ1) is 23.3. The molecule has 7 aromatic rings. The van der Waals surface area contributed by atoms with Crippen LogP contribution in [0.1, 0.15) is 0 Å². The highest BCUT2D eigenvalue weighted by Crippen LogP contribution is 2.46. The van der Waals surface area contributed by atoms with Crippen molar-refractivity contribution in [3.63, 3.8) is 0 Å². The maximum absolute atomic E-state index is 6.89. The molecule has 0 bridgehead atoms. The molecule has 0 saturated heterocycles. The molecule has 0 radical (unpaired) electrons. The summed E-state index contributed by atoms with van der Waals surface area (Å²) >= 11 is 0. The van der Waals surface area contributed by atoms with Crippen LogP contribution in [0.3, 0.4) is 0 Å².